The summed E-state index contributed by atoms with van der Waals surface area (Å²) in [6.07, 6.45) is 5.79. The minimum atomic E-state index is -0.427. The number of carbonyl (C=O) groups is 1. The van der Waals surface area contributed by atoms with E-state index >= 15 is 0 Å². The molecule has 1 aliphatic carbocycles. The third kappa shape index (κ3) is 8.59. The molecule has 0 aromatic carbocycles. The fourth-order valence-electron chi connectivity index (χ4n) is 2.92. The highest BCUT2D eigenvalue weighted by molar-refractivity contribution is 5.67. The number of nitrogens with zero attached hydrogens (tertiary/aromatic N) is 1. The van der Waals surface area contributed by atoms with Crippen molar-refractivity contribution in [3.8, 4) is 0 Å². The van der Waals surface area contributed by atoms with E-state index in [0.717, 1.165) is 13.1 Å². The molecule has 1 rings (SSSR count). The van der Waals surface area contributed by atoms with E-state index in [1.807, 2.05) is 20.8 Å². The minimum absolute atomic E-state index is 0.302. The predicted octanol–water partition coefficient (Wildman–Crippen LogP) is 2.61. The minimum Gasteiger partial charge on any atom is -0.444 e. The summed E-state index contributed by atoms with van der Waals surface area (Å²) < 4.78 is 5.29. The molecule has 0 saturated heterocycles. The van der Waals surface area contributed by atoms with Gasteiger partial charge < -0.3 is 20.3 Å². The lowest BCUT2D eigenvalue weighted by Gasteiger charge is -2.24. The standard InChI is InChI=1S/C17H35N3O2/c1-17(2,3)22-16(21)19-13-14-9-8-10-15(14)18-11-6-7-12-20(4)5/h14-15,18H,6-13H2,1-5H3,(H,19,21). The molecule has 5 heteroatoms. The van der Waals surface area contributed by atoms with Crippen molar-refractivity contribution >= 4 is 6.09 Å². The molecule has 1 fully saturated rings. The van der Waals surface area contributed by atoms with Crippen LogP contribution in [0.5, 0.6) is 0 Å². The first-order chi connectivity index (χ1) is 10.3. The molecule has 0 heterocycles. The Morgan fingerprint density at radius 2 is 1.95 bits per heavy atom. The second-order valence-corrected chi connectivity index (χ2v) is 7.64. The van der Waals surface area contributed by atoms with Crippen molar-refractivity contribution in [1.29, 1.82) is 0 Å². The van der Waals surface area contributed by atoms with Crippen LogP contribution in [-0.4, -0.2) is 56.4 Å². The van der Waals surface area contributed by atoms with Gasteiger partial charge in [0.05, 0.1) is 0 Å². The highest BCUT2D eigenvalue weighted by Crippen LogP contribution is 2.25. The molecule has 2 N–H and O–H groups in total. The number of ether oxygens (including phenoxy) is 1. The zero-order valence-corrected chi connectivity index (χ0v) is 15.1. The van der Waals surface area contributed by atoms with E-state index in [0.29, 0.717) is 18.5 Å². The highest BCUT2D eigenvalue weighted by atomic mass is 16.6. The maximum absolute atomic E-state index is 11.7. The topological polar surface area (TPSA) is 53.6 Å². The molecule has 0 radical (unpaired) electrons. The fraction of sp³-hybridized carbons (Fsp3) is 0.941. The van der Waals surface area contributed by atoms with Crippen LogP contribution in [0.15, 0.2) is 0 Å². The van der Waals surface area contributed by atoms with Gasteiger partial charge in [0, 0.05) is 12.6 Å². The van der Waals surface area contributed by atoms with Crippen LogP contribution in [0.2, 0.25) is 0 Å². The van der Waals surface area contributed by atoms with Crippen LogP contribution in [0.4, 0.5) is 4.79 Å². The molecule has 5 nitrogen and oxygen atoms in total. The van der Waals surface area contributed by atoms with Crippen molar-refractivity contribution in [2.75, 3.05) is 33.7 Å². The second kappa shape index (κ2) is 9.36. The zero-order valence-electron chi connectivity index (χ0n) is 15.1. The van der Waals surface area contributed by atoms with Crippen LogP contribution in [0, 0.1) is 5.92 Å². The first kappa shape index (κ1) is 19.2. The summed E-state index contributed by atoms with van der Waals surface area (Å²) in [5, 5.41) is 6.59. The second-order valence-electron chi connectivity index (χ2n) is 7.64. The third-order valence-electron chi connectivity index (χ3n) is 4.01. The van der Waals surface area contributed by atoms with Crippen LogP contribution in [0.3, 0.4) is 0 Å². The number of rotatable bonds is 8. The number of unbranched alkanes of at least 4 members (excludes halogenated alkanes) is 1. The third-order valence-corrected chi connectivity index (χ3v) is 4.01. The summed E-state index contributed by atoms with van der Waals surface area (Å²) in [6.45, 7) is 8.60. The van der Waals surface area contributed by atoms with E-state index in [4.69, 9.17) is 4.74 Å². The summed E-state index contributed by atoms with van der Waals surface area (Å²) in [6, 6.07) is 0.536. The van der Waals surface area contributed by atoms with Crippen LogP contribution < -0.4 is 10.6 Å². The molecule has 130 valence electrons. The molecule has 2 atom stereocenters. The first-order valence-corrected chi connectivity index (χ1v) is 8.63. The molecular weight excluding hydrogens is 278 g/mol. The van der Waals surface area contributed by atoms with Crippen LogP contribution >= 0.6 is 0 Å². The Morgan fingerprint density at radius 3 is 2.59 bits per heavy atom. The van der Waals surface area contributed by atoms with Gasteiger partial charge in [-0.3, -0.25) is 0 Å². The Labute approximate surface area is 136 Å². The number of carbonyl (C=O) groups excluding carboxylic acids is 1. The summed E-state index contributed by atoms with van der Waals surface area (Å²) in [7, 11) is 4.23. The number of hydrogen-bond donors (Lipinski definition) is 2. The van der Waals surface area contributed by atoms with E-state index in [1.54, 1.807) is 0 Å². The molecule has 0 aromatic rings. The SMILES string of the molecule is CN(C)CCCCNC1CCCC1CNC(=O)OC(C)(C)C. The molecule has 1 aliphatic rings. The van der Waals surface area contributed by atoms with Gasteiger partial charge in [0.1, 0.15) is 5.60 Å². The smallest absolute Gasteiger partial charge is 0.407 e. The van der Waals surface area contributed by atoms with Gasteiger partial charge in [-0.15, -0.1) is 0 Å². The van der Waals surface area contributed by atoms with Gasteiger partial charge in [-0.1, -0.05) is 6.42 Å². The van der Waals surface area contributed by atoms with Gasteiger partial charge in [0.15, 0.2) is 0 Å². The van der Waals surface area contributed by atoms with Gasteiger partial charge in [0.2, 0.25) is 0 Å². The van der Waals surface area contributed by atoms with E-state index in [9.17, 15) is 4.79 Å². The van der Waals surface area contributed by atoms with Gasteiger partial charge in [0.25, 0.3) is 0 Å². The van der Waals surface area contributed by atoms with E-state index < -0.39 is 5.60 Å². The fourth-order valence-corrected chi connectivity index (χ4v) is 2.92. The number of alkyl carbamates (subject to hydrolysis) is 1. The largest absolute Gasteiger partial charge is 0.444 e. The molecule has 0 bridgehead atoms. The van der Waals surface area contributed by atoms with E-state index in [1.165, 1.54) is 32.1 Å². The van der Waals surface area contributed by atoms with Crippen molar-refractivity contribution in [2.45, 2.75) is 64.5 Å². The Bertz CT molecular complexity index is 326. The molecule has 0 spiro atoms. The quantitative estimate of drug-likeness (QED) is 0.676. The zero-order chi connectivity index (χ0) is 16.6. The van der Waals surface area contributed by atoms with Crippen LogP contribution in [-0.2, 0) is 4.74 Å². The monoisotopic (exact) mass is 313 g/mol. The Balaban J connectivity index is 2.18. The molecule has 22 heavy (non-hydrogen) atoms. The van der Waals surface area contributed by atoms with Crippen molar-refractivity contribution in [2.24, 2.45) is 5.92 Å². The average molecular weight is 313 g/mol. The summed E-state index contributed by atoms with van der Waals surface area (Å²) in [5.74, 6) is 0.529. The van der Waals surface area contributed by atoms with Gasteiger partial charge in [-0.05, 0) is 79.6 Å². The maximum atomic E-state index is 11.7. The molecule has 1 saturated carbocycles. The van der Waals surface area contributed by atoms with E-state index in [-0.39, 0.29) is 6.09 Å². The lowest BCUT2D eigenvalue weighted by molar-refractivity contribution is 0.0517. The Kier molecular flexibility index (Phi) is 8.18. The molecule has 0 aliphatic heterocycles. The summed E-state index contributed by atoms with van der Waals surface area (Å²) >= 11 is 0. The van der Waals surface area contributed by atoms with Gasteiger partial charge in [-0.2, -0.15) is 0 Å². The van der Waals surface area contributed by atoms with Crippen molar-refractivity contribution < 1.29 is 9.53 Å². The predicted molar refractivity (Wildman–Crippen MR) is 91.2 cm³/mol. The van der Waals surface area contributed by atoms with E-state index in [2.05, 4.69) is 29.6 Å². The van der Waals surface area contributed by atoms with Crippen LogP contribution in [0.1, 0.15) is 52.9 Å². The Morgan fingerprint density at radius 1 is 1.23 bits per heavy atom. The van der Waals surface area contributed by atoms with Gasteiger partial charge >= 0.3 is 6.09 Å². The van der Waals surface area contributed by atoms with Crippen molar-refractivity contribution in [3.05, 3.63) is 0 Å². The lowest BCUT2D eigenvalue weighted by Crippen LogP contribution is -2.41. The van der Waals surface area contributed by atoms with Crippen molar-refractivity contribution in [3.63, 3.8) is 0 Å². The number of hydrogen-bond acceptors (Lipinski definition) is 4. The molecular formula is C17H35N3O2. The normalized spacial score (nSPS) is 22.1. The highest BCUT2D eigenvalue weighted by Gasteiger charge is 2.27. The summed E-state index contributed by atoms with van der Waals surface area (Å²) in [5.41, 5.74) is -0.427. The molecule has 0 aromatic heterocycles. The van der Waals surface area contributed by atoms with Crippen LogP contribution in [0.25, 0.3) is 0 Å². The maximum Gasteiger partial charge on any atom is 0.407 e. The Hall–Kier alpha value is -0.810. The molecule has 1 amide bonds. The average Bonchev–Trinajstić information content (AvgIpc) is 2.81. The first-order valence-electron chi connectivity index (χ1n) is 8.63. The number of nitrogens with one attached hydrogen (secondary N) is 2. The molecule has 2 unspecified atom stereocenters. The van der Waals surface area contributed by atoms with Gasteiger partial charge in [-0.25, -0.2) is 4.79 Å². The van der Waals surface area contributed by atoms with Crippen molar-refractivity contribution in [1.82, 2.24) is 15.5 Å². The lowest BCUT2D eigenvalue weighted by atomic mass is 10.0. The number of amides is 1. The summed E-state index contributed by atoms with van der Waals surface area (Å²) in [4.78, 5) is 14.0.